The van der Waals surface area contributed by atoms with E-state index in [4.69, 9.17) is 14.5 Å². The SMILES string of the molecule is COC(=O)C1=C(C)N=C2SC=C(CC(=O)N3CCN(C(C)=O)CC3)N2[C@H]1c1cccc(OCc2ccccc2)c1. The summed E-state index contributed by atoms with van der Waals surface area (Å²) in [7, 11) is 1.36. The number of carbonyl (C=O) groups is 3. The van der Waals surface area contributed by atoms with Crippen LogP contribution in [-0.4, -0.2) is 70.9 Å². The molecule has 208 valence electrons. The average Bonchev–Trinajstić information content (AvgIpc) is 3.37. The van der Waals surface area contributed by atoms with E-state index in [1.54, 1.807) is 23.6 Å². The molecule has 3 aliphatic heterocycles. The van der Waals surface area contributed by atoms with Gasteiger partial charge in [-0.3, -0.25) is 9.59 Å². The maximum atomic E-state index is 13.3. The lowest BCUT2D eigenvalue weighted by Crippen LogP contribution is -2.50. The number of amides is 2. The molecule has 2 aromatic rings. The van der Waals surface area contributed by atoms with Crippen LogP contribution in [0.15, 0.2) is 82.0 Å². The van der Waals surface area contributed by atoms with Gasteiger partial charge in [0, 0.05) is 38.8 Å². The van der Waals surface area contributed by atoms with Crippen LogP contribution in [0.25, 0.3) is 0 Å². The van der Waals surface area contributed by atoms with Gasteiger partial charge in [0.15, 0.2) is 5.17 Å². The van der Waals surface area contributed by atoms with Gasteiger partial charge in [-0.05, 0) is 35.6 Å². The lowest BCUT2D eigenvalue weighted by Gasteiger charge is -2.37. The number of thioether (sulfide) groups is 1. The number of nitrogens with zero attached hydrogens (tertiary/aromatic N) is 4. The molecule has 3 aliphatic rings. The zero-order valence-corrected chi connectivity index (χ0v) is 23.6. The molecule has 9 nitrogen and oxygen atoms in total. The predicted octanol–water partition coefficient (Wildman–Crippen LogP) is 4.09. The van der Waals surface area contributed by atoms with Gasteiger partial charge < -0.3 is 24.2 Å². The van der Waals surface area contributed by atoms with E-state index >= 15 is 0 Å². The number of hydrogen-bond acceptors (Lipinski definition) is 8. The van der Waals surface area contributed by atoms with Crippen molar-refractivity contribution in [2.24, 2.45) is 4.99 Å². The molecule has 0 bridgehead atoms. The van der Waals surface area contributed by atoms with Crippen LogP contribution in [0.4, 0.5) is 0 Å². The predicted molar refractivity (Wildman–Crippen MR) is 153 cm³/mol. The van der Waals surface area contributed by atoms with Crippen LogP contribution < -0.4 is 4.74 Å². The van der Waals surface area contributed by atoms with Gasteiger partial charge in [0.05, 0.1) is 30.8 Å². The van der Waals surface area contributed by atoms with E-state index < -0.39 is 12.0 Å². The molecule has 5 rings (SSSR count). The van der Waals surface area contributed by atoms with Crippen LogP contribution in [-0.2, 0) is 25.7 Å². The lowest BCUT2D eigenvalue weighted by atomic mass is 9.93. The smallest absolute Gasteiger partial charge is 0.338 e. The Morgan fingerprint density at radius 3 is 2.42 bits per heavy atom. The van der Waals surface area contributed by atoms with E-state index in [2.05, 4.69) is 0 Å². The Kier molecular flexibility index (Phi) is 8.25. The molecule has 1 fully saturated rings. The van der Waals surface area contributed by atoms with Crippen LogP contribution >= 0.6 is 11.8 Å². The highest BCUT2D eigenvalue weighted by Crippen LogP contribution is 2.45. The van der Waals surface area contributed by atoms with Crippen molar-refractivity contribution in [2.45, 2.75) is 32.9 Å². The number of benzene rings is 2. The van der Waals surface area contributed by atoms with Gasteiger partial charge >= 0.3 is 5.97 Å². The molecule has 40 heavy (non-hydrogen) atoms. The molecule has 2 amide bonds. The summed E-state index contributed by atoms with van der Waals surface area (Å²) in [4.78, 5) is 48.3. The first-order valence-corrected chi connectivity index (χ1v) is 14.1. The molecule has 0 spiro atoms. The van der Waals surface area contributed by atoms with Crippen molar-refractivity contribution in [3.05, 3.63) is 88.1 Å². The lowest BCUT2D eigenvalue weighted by molar-refractivity contribution is -0.138. The minimum atomic E-state index is -0.538. The Hall–Kier alpha value is -4.05. The number of esters is 1. The summed E-state index contributed by atoms with van der Waals surface area (Å²) in [5, 5.41) is 2.63. The Morgan fingerprint density at radius 2 is 1.73 bits per heavy atom. The summed E-state index contributed by atoms with van der Waals surface area (Å²) in [6.07, 6.45) is 0.153. The second-order valence-electron chi connectivity index (χ2n) is 9.80. The fraction of sp³-hybridized carbons (Fsp3) is 0.333. The third-order valence-corrected chi connectivity index (χ3v) is 8.13. The van der Waals surface area contributed by atoms with Crippen LogP contribution in [0.1, 0.15) is 37.4 Å². The first-order valence-electron chi connectivity index (χ1n) is 13.2. The first-order chi connectivity index (χ1) is 19.4. The van der Waals surface area contributed by atoms with E-state index in [0.29, 0.717) is 55.0 Å². The third kappa shape index (κ3) is 5.77. The molecule has 0 aromatic heterocycles. The summed E-state index contributed by atoms with van der Waals surface area (Å²) in [6, 6.07) is 17.0. The first kappa shape index (κ1) is 27.5. The van der Waals surface area contributed by atoms with Crippen LogP contribution in [0.5, 0.6) is 5.75 Å². The number of methoxy groups -OCH3 is 1. The largest absolute Gasteiger partial charge is 0.489 e. The average molecular weight is 561 g/mol. The topological polar surface area (TPSA) is 91.8 Å². The minimum Gasteiger partial charge on any atom is -0.489 e. The fourth-order valence-electron chi connectivity index (χ4n) is 5.11. The highest BCUT2D eigenvalue weighted by molar-refractivity contribution is 8.16. The van der Waals surface area contributed by atoms with E-state index in [1.807, 2.05) is 64.9 Å². The highest BCUT2D eigenvalue weighted by atomic mass is 32.2. The van der Waals surface area contributed by atoms with Crippen LogP contribution in [0.3, 0.4) is 0 Å². The Labute approximate surface area is 238 Å². The minimum absolute atomic E-state index is 0.0199. The number of ether oxygens (including phenoxy) is 2. The fourth-order valence-corrected chi connectivity index (χ4v) is 6.07. The number of aliphatic imine (C=N–C) groups is 1. The van der Waals surface area contributed by atoms with Gasteiger partial charge in [-0.2, -0.15) is 0 Å². The van der Waals surface area contributed by atoms with E-state index in [9.17, 15) is 14.4 Å². The molecule has 1 atom stereocenters. The third-order valence-electron chi connectivity index (χ3n) is 7.24. The van der Waals surface area contributed by atoms with Crippen molar-refractivity contribution < 1.29 is 23.9 Å². The number of amidine groups is 1. The summed E-state index contributed by atoms with van der Waals surface area (Å²) in [6.45, 7) is 5.81. The van der Waals surface area contributed by atoms with Crippen molar-refractivity contribution in [3.8, 4) is 5.75 Å². The second kappa shape index (κ2) is 12.0. The maximum absolute atomic E-state index is 13.3. The van der Waals surface area contributed by atoms with Crippen molar-refractivity contribution >= 4 is 34.7 Å². The molecule has 0 radical (unpaired) electrons. The summed E-state index contributed by atoms with van der Waals surface area (Å²) < 4.78 is 11.3. The molecule has 0 aliphatic carbocycles. The Morgan fingerprint density at radius 1 is 1.00 bits per heavy atom. The summed E-state index contributed by atoms with van der Waals surface area (Å²) in [5.74, 6) is 0.195. The zero-order chi connectivity index (χ0) is 28.2. The number of hydrogen-bond donors (Lipinski definition) is 0. The second-order valence-corrected chi connectivity index (χ2v) is 10.6. The molecular weight excluding hydrogens is 528 g/mol. The van der Waals surface area contributed by atoms with Crippen molar-refractivity contribution in [1.29, 1.82) is 0 Å². The number of allylic oxidation sites excluding steroid dienone is 1. The molecule has 0 saturated carbocycles. The molecule has 1 saturated heterocycles. The Bertz CT molecular complexity index is 1400. The molecule has 2 aromatic carbocycles. The number of piperazine rings is 1. The van der Waals surface area contributed by atoms with Gasteiger partial charge in [0.25, 0.3) is 0 Å². The van der Waals surface area contributed by atoms with Crippen LogP contribution in [0.2, 0.25) is 0 Å². The summed E-state index contributed by atoms with van der Waals surface area (Å²) in [5.41, 5.74) is 3.63. The molecular formula is C30H32N4O5S. The highest BCUT2D eigenvalue weighted by Gasteiger charge is 2.41. The van der Waals surface area contributed by atoms with Gasteiger partial charge in [-0.15, -0.1) is 0 Å². The van der Waals surface area contributed by atoms with Gasteiger partial charge in [-0.1, -0.05) is 54.2 Å². The molecule has 0 N–H and O–H groups in total. The zero-order valence-electron chi connectivity index (χ0n) is 22.8. The van der Waals surface area contributed by atoms with E-state index in [-0.39, 0.29) is 18.2 Å². The monoisotopic (exact) mass is 560 g/mol. The van der Waals surface area contributed by atoms with Crippen molar-refractivity contribution in [3.63, 3.8) is 0 Å². The van der Waals surface area contributed by atoms with E-state index in [0.717, 1.165) is 16.8 Å². The van der Waals surface area contributed by atoms with Crippen LogP contribution in [0, 0.1) is 0 Å². The normalized spacial score (nSPS) is 18.7. The molecule has 3 heterocycles. The van der Waals surface area contributed by atoms with E-state index in [1.165, 1.54) is 18.9 Å². The molecule has 0 unspecified atom stereocenters. The molecule has 10 heteroatoms. The quantitative estimate of drug-likeness (QED) is 0.471. The van der Waals surface area contributed by atoms with Gasteiger partial charge in [0.1, 0.15) is 12.4 Å². The summed E-state index contributed by atoms with van der Waals surface area (Å²) >= 11 is 1.44. The number of carbonyl (C=O) groups excluding carboxylic acids is 3. The maximum Gasteiger partial charge on any atom is 0.338 e. The van der Waals surface area contributed by atoms with Gasteiger partial charge in [0.2, 0.25) is 11.8 Å². The van der Waals surface area contributed by atoms with Crippen molar-refractivity contribution in [1.82, 2.24) is 14.7 Å². The van der Waals surface area contributed by atoms with Gasteiger partial charge in [-0.25, -0.2) is 9.79 Å². The Balaban J connectivity index is 1.40. The van der Waals surface area contributed by atoms with Crippen molar-refractivity contribution in [2.75, 3.05) is 33.3 Å². The standard InChI is InChI=1S/C30H32N4O5S/c1-20-27(29(37)38-3)28(23-10-7-11-25(16-23)39-18-22-8-5-4-6-9-22)34-24(19-40-30(34)31-20)17-26(36)33-14-12-32(13-15-33)21(2)35/h4-11,16,19,28H,12-15,17-18H2,1-3H3/t28-/m0/s1. The number of fused-ring (bicyclic) bond motifs is 1. The number of rotatable bonds is 7.